The summed E-state index contributed by atoms with van der Waals surface area (Å²) in [6, 6.07) is 14.4. The molecule has 0 amide bonds. The summed E-state index contributed by atoms with van der Waals surface area (Å²) in [6.45, 7) is 0.226. The predicted octanol–water partition coefficient (Wildman–Crippen LogP) is 4.19. The summed E-state index contributed by atoms with van der Waals surface area (Å²) in [5.41, 5.74) is 1.66. The molecule has 0 aliphatic heterocycles. The van der Waals surface area contributed by atoms with Crippen LogP contribution >= 0.6 is 27.5 Å². The number of sulfonamides is 1. The largest absolute Gasteiger partial charge is 0.234 e. The zero-order valence-corrected chi connectivity index (χ0v) is 14.1. The van der Waals surface area contributed by atoms with Gasteiger partial charge in [-0.3, -0.25) is 0 Å². The smallest absolute Gasteiger partial charge is 0.208 e. The molecule has 0 atom stereocenters. The molecule has 21 heavy (non-hydrogen) atoms. The average Bonchev–Trinajstić information content (AvgIpc) is 2.46. The lowest BCUT2D eigenvalue weighted by atomic mass is 10.2. The Morgan fingerprint density at radius 1 is 1.05 bits per heavy atom. The lowest BCUT2D eigenvalue weighted by molar-refractivity contribution is 0.591. The van der Waals surface area contributed by atoms with E-state index >= 15 is 0 Å². The molecule has 3 nitrogen and oxygen atoms in total. The van der Waals surface area contributed by atoms with Crippen molar-refractivity contribution in [2.75, 3.05) is 0 Å². The summed E-state index contributed by atoms with van der Waals surface area (Å²) in [7, 11) is -3.47. The van der Waals surface area contributed by atoms with Crippen molar-refractivity contribution in [1.29, 1.82) is 0 Å². The van der Waals surface area contributed by atoms with Crippen LogP contribution in [-0.4, -0.2) is 8.42 Å². The van der Waals surface area contributed by atoms with E-state index in [0.29, 0.717) is 5.02 Å². The maximum Gasteiger partial charge on any atom is 0.234 e. The van der Waals surface area contributed by atoms with Crippen LogP contribution in [0.1, 0.15) is 11.1 Å². The van der Waals surface area contributed by atoms with Gasteiger partial charge in [0.15, 0.2) is 0 Å². The summed E-state index contributed by atoms with van der Waals surface area (Å²) in [5, 5.41) is 1.78. The SMILES string of the molecule is O=S(=O)(/C=C/c1ccc(Br)cc1)NCc1ccc(Cl)cc1. The second kappa shape index (κ2) is 7.22. The first-order valence-corrected chi connectivity index (χ1v) is 8.84. The molecule has 0 aliphatic rings. The molecule has 0 saturated heterocycles. The summed E-state index contributed by atoms with van der Waals surface area (Å²) < 4.78 is 27.2. The molecule has 0 heterocycles. The fraction of sp³-hybridized carbons (Fsp3) is 0.0667. The molecule has 2 aromatic carbocycles. The molecular weight excluding hydrogens is 374 g/mol. The Morgan fingerprint density at radius 3 is 2.29 bits per heavy atom. The van der Waals surface area contributed by atoms with Gasteiger partial charge in [0, 0.05) is 21.4 Å². The summed E-state index contributed by atoms with van der Waals surface area (Å²) in [4.78, 5) is 0. The number of nitrogens with one attached hydrogen (secondary N) is 1. The number of halogens is 2. The van der Waals surface area contributed by atoms with Crippen LogP contribution < -0.4 is 4.72 Å². The van der Waals surface area contributed by atoms with Crippen LogP contribution in [0.3, 0.4) is 0 Å². The normalized spacial score (nSPS) is 11.9. The van der Waals surface area contributed by atoms with Crippen LogP contribution in [0.4, 0.5) is 0 Å². The molecule has 1 N–H and O–H groups in total. The second-order valence-corrected chi connectivity index (χ2v) is 7.35. The summed E-state index contributed by atoms with van der Waals surface area (Å²) >= 11 is 9.10. The van der Waals surface area contributed by atoms with Gasteiger partial charge in [-0.25, -0.2) is 13.1 Å². The van der Waals surface area contributed by atoms with Gasteiger partial charge < -0.3 is 0 Å². The fourth-order valence-corrected chi connectivity index (χ4v) is 2.77. The van der Waals surface area contributed by atoms with Gasteiger partial charge in [0.25, 0.3) is 0 Å². The van der Waals surface area contributed by atoms with Gasteiger partial charge in [-0.2, -0.15) is 0 Å². The molecule has 110 valence electrons. The molecular formula is C15H13BrClNO2S. The van der Waals surface area contributed by atoms with Crippen molar-refractivity contribution in [2.24, 2.45) is 0 Å². The number of hydrogen-bond donors (Lipinski definition) is 1. The van der Waals surface area contributed by atoms with Crippen molar-refractivity contribution in [3.8, 4) is 0 Å². The van der Waals surface area contributed by atoms with E-state index < -0.39 is 10.0 Å². The van der Waals surface area contributed by atoms with Gasteiger partial charge in [0.2, 0.25) is 10.0 Å². The first kappa shape index (κ1) is 16.2. The van der Waals surface area contributed by atoms with E-state index in [1.54, 1.807) is 30.3 Å². The third-order valence-electron chi connectivity index (χ3n) is 2.70. The molecule has 0 radical (unpaired) electrons. The molecule has 6 heteroatoms. The Labute approximate surface area is 137 Å². The zero-order chi connectivity index (χ0) is 15.3. The van der Waals surface area contributed by atoms with E-state index in [4.69, 9.17) is 11.6 Å². The van der Waals surface area contributed by atoms with E-state index in [0.717, 1.165) is 21.0 Å². The Kier molecular flexibility index (Phi) is 5.58. The van der Waals surface area contributed by atoms with E-state index in [9.17, 15) is 8.42 Å². The van der Waals surface area contributed by atoms with Gasteiger partial charge in [-0.05, 0) is 41.5 Å². The molecule has 0 bridgehead atoms. The molecule has 0 unspecified atom stereocenters. The Balaban J connectivity index is 1.98. The Bertz CT molecular complexity index is 725. The van der Waals surface area contributed by atoms with Crippen molar-refractivity contribution >= 4 is 43.6 Å². The third kappa shape index (κ3) is 5.63. The third-order valence-corrected chi connectivity index (χ3v) is 4.52. The summed E-state index contributed by atoms with van der Waals surface area (Å²) in [6.07, 6.45) is 1.55. The van der Waals surface area contributed by atoms with Crippen LogP contribution in [0.5, 0.6) is 0 Å². The van der Waals surface area contributed by atoms with Gasteiger partial charge >= 0.3 is 0 Å². The van der Waals surface area contributed by atoms with Gasteiger partial charge in [-0.15, -0.1) is 0 Å². The van der Waals surface area contributed by atoms with Gasteiger partial charge in [-0.1, -0.05) is 51.8 Å². The first-order valence-electron chi connectivity index (χ1n) is 6.12. The van der Waals surface area contributed by atoms with Gasteiger partial charge in [0.1, 0.15) is 0 Å². The van der Waals surface area contributed by atoms with Crippen molar-refractivity contribution < 1.29 is 8.42 Å². The topological polar surface area (TPSA) is 46.2 Å². The molecule has 2 aromatic rings. The summed E-state index contributed by atoms with van der Waals surface area (Å²) in [5.74, 6) is 0. The number of hydrogen-bond acceptors (Lipinski definition) is 2. The van der Waals surface area contributed by atoms with Crippen molar-refractivity contribution in [2.45, 2.75) is 6.54 Å². The number of rotatable bonds is 5. The minimum atomic E-state index is -3.47. The zero-order valence-electron chi connectivity index (χ0n) is 11.0. The highest BCUT2D eigenvalue weighted by molar-refractivity contribution is 9.10. The van der Waals surface area contributed by atoms with Crippen LogP contribution in [0, 0.1) is 0 Å². The molecule has 0 aromatic heterocycles. The first-order chi connectivity index (χ1) is 9.94. The Morgan fingerprint density at radius 2 is 1.67 bits per heavy atom. The van der Waals surface area contributed by atoms with E-state index in [1.165, 1.54) is 0 Å². The van der Waals surface area contributed by atoms with Crippen LogP contribution in [-0.2, 0) is 16.6 Å². The molecule has 0 aliphatic carbocycles. The van der Waals surface area contributed by atoms with Crippen LogP contribution in [0.25, 0.3) is 6.08 Å². The molecule has 0 fully saturated rings. The maximum absolute atomic E-state index is 11.9. The molecule has 2 rings (SSSR count). The number of benzene rings is 2. The lowest BCUT2D eigenvalue weighted by Gasteiger charge is -2.03. The lowest BCUT2D eigenvalue weighted by Crippen LogP contribution is -2.20. The van der Waals surface area contributed by atoms with Gasteiger partial charge in [0.05, 0.1) is 0 Å². The minimum absolute atomic E-state index is 0.226. The minimum Gasteiger partial charge on any atom is -0.208 e. The highest BCUT2D eigenvalue weighted by Crippen LogP contribution is 2.12. The maximum atomic E-state index is 11.9. The van der Waals surface area contributed by atoms with E-state index in [1.807, 2.05) is 24.3 Å². The van der Waals surface area contributed by atoms with Crippen molar-refractivity contribution in [3.05, 3.63) is 74.6 Å². The molecule has 0 spiro atoms. The van der Waals surface area contributed by atoms with E-state index in [2.05, 4.69) is 20.7 Å². The monoisotopic (exact) mass is 385 g/mol. The van der Waals surface area contributed by atoms with Crippen LogP contribution in [0.2, 0.25) is 5.02 Å². The highest BCUT2D eigenvalue weighted by Gasteiger charge is 2.04. The Hall–Kier alpha value is -1.14. The highest BCUT2D eigenvalue weighted by atomic mass is 79.9. The van der Waals surface area contributed by atoms with Crippen molar-refractivity contribution in [3.63, 3.8) is 0 Å². The van der Waals surface area contributed by atoms with Crippen molar-refractivity contribution in [1.82, 2.24) is 4.72 Å². The standard InChI is InChI=1S/C15H13BrClNO2S/c16-14-5-1-12(2-6-14)9-10-21(19,20)18-11-13-3-7-15(17)8-4-13/h1-10,18H,11H2/b10-9+. The predicted molar refractivity (Wildman–Crippen MR) is 90.4 cm³/mol. The quantitative estimate of drug-likeness (QED) is 0.837. The fourth-order valence-electron chi connectivity index (χ4n) is 1.58. The second-order valence-electron chi connectivity index (χ2n) is 4.35. The van der Waals surface area contributed by atoms with Crippen LogP contribution in [0.15, 0.2) is 58.4 Å². The van der Waals surface area contributed by atoms with E-state index in [-0.39, 0.29) is 6.54 Å². The molecule has 0 saturated carbocycles. The average molecular weight is 387 g/mol.